The lowest BCUT2D eigenvalue weighted by Crippen LogP contribution is -2.18. The van der Waals surface area contributed by atoms with Crippen LogP contribution in [0.4, 0.5) is 0 Å². The molecule has 1 amide bonds. The molecule has 0 aliphatic heterocycles. The van der Waals surface area contributed by atoms with E-state index in [1.165, 1.54) is 0 Å². The minimum absolute atomic E-state index is 0.325. The summed E-state index contributed by atoms with van der Waals surface area (Å²) >= 11 is 0. The predicted octanol–water partition coefficient (Wildman–Crippen LogP) is 4.80. The molecule has 33 heavy (non-hydrogen) atoms. The van der Waals surface area contributed by atoms with Crippen molar-refractivity contribution in [1.29, 1.82) is 0 Å². The van der Waals surface area contributed by atoms with Crippen LogP contribution in [0.5, 0.6) is 0 Å². The quantitative estimate of drug-likeness (QED) is 0.308. The fraction of sp³-hybridized carbons (Fsp3) is 0.0769. The molecule has 0 bridgehead atoms. The molecule has 5 rings (SSSR count). The first-order valence-corrected chi connectivity index (χ1v) is 10.6. The standard InChI is InChI=1S/C26H22N6O/c1-17-25(18(2)32(31-17)21-12-4-3-5-13-21)23-15-24(29-28-23)26(33)30-27-16-20-11-8-10-19-9-6-7-14-22(19)20/h3-16H,1-2H3,(H,28,29)(H,30,33)/b27-16-. The van der Waals surface area contributed by atoms with E-state index in [0.29, 0.717) is 11.4 Å². The highest BCUT2D eigenvalue weighted by atomic mass is 16.2. The Labute approximate surface area is 190 Å². The van der Waals surface area contributed by atoms with Crippen LogP contribution >= 0.6 is 0 Å². The van der Waals surface area contributed by atoms with Crippen LogP contribution in [-0.4, -0.2) is 32.1 Å². The van der Waals surface area contributed by atoms with E-state index in [-0.39, 0.29) is 5.91 Å². The third-order valence-corrected chi connectivity index (χ3v) is 5.56. The molecule has 0 atom stereocenters. The number of benzene rings is 3. The SMILES string of the molecule is Cc1nn(-c2ccccc2)c(C)c1-c1cc(C(=O)N/N=C\c2cccc3ccccc23)[nH]n1. The first-order valence-electron chi connectivity index (χ1n) is 10.6. The minimum Gasteiger partial charge on any atom is -0.272 e. The number of aromatic nitrogens is 4. The topological polar surface area (TPSA) is 88.0 Å². The third kappa shape index (κ3) is 3.92. The van der Waals surface area contributed by atoms with Crippen molar-refractivity contribution in [1.82, 2.24) is 25.4 Å². The molecule has 0 saturated heterocycles. The summed E-state index contributed by atoms with van der Waals surface area (Å²) in [6.07, 6.45) is 1.65. The van der Waals surface area contributed by atoms with Gasteiger partial charge in [-0.05, 0) is 42.8 Å². The molecule has 2 N–H and O–H groups in total. The van der Waals surface area contributed by atoms with Gasteiger partial charge in [-0.1, -0.05) is 60.7 Å². The minimum atomic E-state index is -0.365. The molecule has 7 nitrogen and oxygen atoms in total. The Morgan fingerprint density at radius 3 is 2.61 bits per heavy atom. The third-order valence-electron chi connectivity index (χ3n) is 5.56. The molecular formula is C26H22N6O. The van der Waals surface area contributed by atoms with Crippen LogP contribution in [-0.2, 0) is 0 Å². The summed E-state index contributed by atoms with van der Waals surface area (Å²) in [5.41, 5.74) is 8.15. The Hall–Kier alpha value is -4.52. The van der Waals surface area contributed by atoms with Gasteiger partial charge in [0.15, 0.2) is 0 Å². The molecule has 3 aromatic carbocycles. The number of H-pyrrole nitrogens is 1. The number of hydrazone groups is 1. The maximum atomic E-state index is 12.6. The van der Waals surface area contributed by atoms with E-state index in [9.17, 15) is 4.79 Å². The summed E-state index contributed by atoms with van der Waals surface area (Å²) < 4.78 is 1.88. The number of rotatable bonds is 5. The van der Waals surface area contributed by atoms with Crippen molar-refractivity contribution in [2.45, 2.75) is 13.8 Å². The van der Waals surface area contributed by atoms with Gasteiger partial charge in [0.05, 0.1) is 29.0 Å². The summed E-state index contributed by atoms with van der Waals surface area (Å²) in [5, 5.41) is 18.2. The van der Waals surface area contributed by atoms with Gasteiger partial charge in [-0.25, -0.2) is 10.1 Å². The molecule has 2 heterocycles. The van der Waals surface area contributed by atoms with Gasteiger partial charge in [0.1, 0.15) is 5.69 Å². The zero-order valence-electron chi connectivity index (χ0n) is 18.3. The molecule has 7 heteroatoms. The second-order valence-electron chi connectivity index (χ2n) is 7.73. The molecule has 0 radical (unpaired) electrons. The van der Waals surface area contributed by atoms with E-state index in [0.717, 1.165) is 39.0 Å². The number of fused-ring (bicyclic) bond motifs is 1. The van der Waals surface area contributed by atoms with Gasteiger partial charge < -0.3 is 0 Å². The van der Waals surface area contributed by atoms with E-state index < -0.39 is 0 Å². The molecule has 0 aliphatic carbocycles. The molecule has 0 saturated carbocycles. The van der Waals surface area contributed by atoms with Crippen molar-refractivity contribution in [3.63, 3.8) is 0 Å². The zero-order chi connectivity index (χ0) is 22.8. The van der Waals surface area contributed by atoms with Crippen molar-refractivity contribution in [3.8, 4) is 16.9 Å². The summed E-state index contributed by atoms with van der Waals surface area (Å²) in [6.45, 7) is 3.93. The van der Waals surface area contributed by atoms with E-state index in [4.69, 9.17) is 0 Å². The van der Waals surface area contributed by atoms with Crippen molar-refractivity contribution in [2.24, 2.45) is 5.10 Å². The lowest BCUT2D eigenvalue weighted by molar-refractivity contribution is 0.0950. The van der Waals surface area contributed by atoms with E-state index >= 15 is 0 Å². The molecule has 2 aromatic heterocycles. The van der Waals surface area contributed by atoms with Gasteiger partial charge in [-0.2, -0.15) is 15.3 Å². The fourth-order valence-corrected chi connectivity index (χ4v) is 3.98. The van der Waals surface area contributed by atoms with Crippen LogP contribution in [0.2, 0.25) is 0 Å². The summed E-state index contributed by atoms with van der Waals surface area (Å²) in [6, 6.07) is 25.6. The molecular weight excluding hydrogens is 412 g/mol. The van der Waals surface area contributed by atoms with Gasteiger partial charge in [-0.3, -0.25) is 9.89 Å². The lowest BCUT2D eigenvalue weighted by atomic mass is 10.1. The second kappa shape index (κ2) is 8.55. The van der Waals surface area contributed by atoms with E-state index in [1.54, 1.807) is 12.3 Å². The molecule has 5 aromatic rings. The van der Waals surface area contributed by atoms with Gasteiger partial charge >= 0.3 is 0 Å². The number of nitrogens with one attached hydrogen (secondary N) is 2. The van der Waals surface area contributed by atoms with Crippen molar-refractivity contribution in [3.05, 3.63) is 102 Å². The summed E-state index contributed by atoms with van der Waals surface area (Å²) in [4.78, 5) is 12.6. The van der Waals surface area contributed by atoms with Crippen LogP contribution in [0.15, 0.2) is 84.0 Å². The molecule has 0 spiro atoms. The number of nitrogens with zero attached hydrogens (tertiary/aromatic N) is 4. The van der Waals surface area contributed by atoms with Crippen LogP contribution < -0.4 is 5.43 Å². The summed E-state index contributed by atoms with van der Waals surface area (Å²) in [7, 11) is 0. The van der Waals surface area contributed by atoms with Crippen molar-refractivity contribution in [2.75, 3.05) is 0 Å². The highest BCUT2D eigenvalue weighted by Crippen LogP contribution is 2.27. The Morgan fingerprint density at radius 2 is 1.76 bits per heavy atom. The highest BCUT2D eigenvalue weighted by molar-refractivity contribution is 6.00. The van der Waals surface area contributed by atoms with Gasteiger partial charge in [-0.15, -0.1) is 0 Å². The molecule has 0 fully saturated rings. The zero-order valence-corrected chi connectivity index (χ0v) is 18.3. The first-order chi connectivity index (χ1) is 16.1. The fourth-order valence-electron chi connectivity index (χ4n) is 3.98. The van der Waals surface area contributed by atoms with Crippen LogP contribution in [0.1, 0.15) is 27.4 Å². The van der Waals surface area contributed by atoms with Crippen LogP contribution in [0.3, 0.4) is 0 Å². The number of carbonyl (C=O) groups excluding carboxylic acids is 1. The average molecular weight is 435 g/mol. The number of hydrogen-bond donors (Lipinski definition) is 2. The number of amides is 1. The monoisotopic (exact) mass is 434 g/mol. The maximum Gasteiger partial charge on any atom is 0.289 e. The second-order valence-corrected chi connectivity index (χ2v) is 7.73. The van der Waals surface area contributed by atoms with Gasteiger partial charge in [0, 0.05) is 11.1 Å². The molecule has 0 unspecified atom stereocenters. The predicted molar refractivity (Wildman–Crippen MR) is 130 cm³/mol. The number of aryl methyl sites for hydroxylation is 1. The van der Waals surface area contributed by atoms with Crippen molar-refractivity contribution < 1.29 is 4.79 Å². The Kier molecular flexibility index (Phi) is 5.28. The Bertz CT molecular complexity index is 1470. The van der Waals surface area contributed by atoms with E-state index in [1.807, 2.05) is 91.3 Å². The Balaban J connectivity index is 1.35. The lowest BCUT2D eigenvalue weighted by Gasteiger charge is -2.04. The molecule has 162 valence electrons. The Morgan fingerprint density at radius 1 is 1.00 bits per heavy atom. The number of carbonyl (C=O) groups is 1. The van der Waals surface area contributed by atoms with Crippen LogP contribution in [0, 0.1) is 13.8 Å². The highest BCUT2D eigenvalue weighted by Gasteiger charge is 2.18. The maximum absolute atomic E-state index is 12.6. The smallest absolute Gasteiger partial charge is 0.272 e. The van der Waals surface area contributed by atoms with Gasteiger partial charge in [0.2, 0.25) is 0 Å². The normalized spacial score (nSPS) is 11.3. The average Bonchev–Trinajstić information content (AvgIpc) is 3.44. The molecule has 0 aliphatic rings. The van der Waals surface area contributed by atoms with Crippen LogP contribution in [0.25, 0.3) is 27.7 Å². The first kappa shape index (κ1) is 20.4. The number of aromatic amines is 1. The van der Waals surface area contributed by atoms with Crippen molar-refractivity contribution >= 4 is 22.9 Å². The summed E-state index contributed by atoms with van der Waals surface area (Å²) in [5.74, 6) is -0.365. The largest absolute Gasteiger partial charge is 0.289 e. The number of hydrogen-bond acceptors (Lipinski definition) is 4. The van der Waals surface area contributed by atoms with E-state index in [2.05, 4.69) is 25.8 Å². The van der Waals surface area contributed by atoms with Gasteiger partial charge in [0.25, 0.3) is 5.91 Å². The number of para-hydroxylation sites is 1.